The molecule has 3 nitrogen and oxygen atoms in total. The molecule has 1 aliphatic rings. The number of nitrogen functional groups attached to an aromatic ring is 1. The van der Waals surface area contributed by atoms with Gasteiger partial charge in [0.15, 0.2) is 0 Å². The lowest BCUT2D eigenvalue weighted by Gasteiger charge is -2.45. The second-order valence-electron chi connectivity index (χ2n) is 8.34. The molecule has 0 amide bonds. The Balaban J connectivity index is 2.09. The van der Waals surface area contributed by atoms with Crippen molar-refractivity contribution in [2.24, 2.45) is 10.8 Å². The first-order valence-electron chi connectivity index (χ1n) is 7.91. The van der Waals surface area contributed by atoms with Gasteiger partial charge in [-0.05, 0) is 55.2 Å². The van der Waals surface area contributed by atoms with E-state index in [4.69, 9.17) is 10.7 Å². The van der Waals surface area contributed by atoms with Crippen LogP contribution in [0.4, 0.5) is 5.69 Å². The number of aromatic nitrogens is 2. The van der Waals surface area contributed by atoms with Gasteiger partial charge in [0, 0.05) is 11.7 Å². The second kappa shape index (κ2) is 4.49. The van der Waals surface area contributed by atoms with E-state index in [-0.39, 0.29) is 0 Å². The molecule has 1 heterocycles. The van der Waals surface area contributed by atoms with Crippen molar-refractivity contribution in [3.63, 3.8) is 0 Å². The summed E-state index contributed by atoms with van der Waals surface area (Å²) in [6.45, 7) is 11.7. The van der Waals surface area contributed by atoms with Crippen molar-refractivity contribution < 1.29 is 0 Å². The molecule has 3 rings (SSSR count). The minimum Gasteiger partial charge on any atom is -0.399 e. The van der Waals surface area contributed by atoms with Crippen LogP contribution in [-0.4, -0.2) is 9.55 Å². The summed E-state index contributed by atoms with van der Waals surface area (Å²) in [7, 11) is 0. The number of nitrogens with two attached hydrogens (primary N) is 1. The molecule has 0 unspecified atom stereocenters. The first-order chi connectivity index (χ1) is 9.67. The van der Waals surface area contributed by atoms with Gasteiger partial charge in [-0.1, -0.05) is 27.7 Å². The van der Waals surface area contributed by atoms with Crippen molar-refractivity contribution in [2.45, 2.75) is 59.9 Å². The van der Waals surface area contributed by atoms with Crippen LogP contribution in [0, 0.1) is 17.8 Å². The molecule has 1 aromatic carbocycles. The van der Waals surface area contributed by atoms with E-state index in [1.165, 1.54) is 24.8 Å². The van der Waals surface area contributed by atoms with Crippen LogP contribution in [0.1, 0.15) is 58.8 Å². The van der Waals surface area contributed by atoms with E-state index in [2.05, 4.69) is 45.3 Å². The predicted molar refractivity (Wildman–Crippen MR) is 89.3 cm³/mol. The highest BCUT2D eigenvalue weighted by Gasteiger charge is 2.39. The average Bonchev–Trinajstić information content (AvgIpc) is 2.59. The molecule has 21 heavy (non-hydrogen) atoms. The molecule has 0 radical (unpaired) electrons. The van der Waals surface area contributed by atoms with E-state index in [1.807, 2.05) is 12.1 Å². The van der Waals surface area contributed by atoms with E-state index in [9.17, 15) is 0 Å². The maximum Gasteiger partial charge on any atom is 0.106 e. The molecule has 2 N–H and O–H groups in total. The lowest BCUT2D eigenvalue weighted by atomic mass is 9.63. The van der Waals surface area contributed by atoms with E-state index in [0.29, 0.717) is 16.9 Å². The molecule has 0 bridgehead atoms. The Kier molecular flexibility index (Phi) is 3.09. The average molecular weight is 285 g/mol. The summed E-state index contributed by atoms with van der Waals surface area (Å²) in [5.41, 5.74) is 9.69. The highest BCUT2D eigenvalue weighted by atomic mass is 15.1. The maximum absolute atomic E-state index is 5.90. The van der Waals surface area contributed by atoms with Gasteiger partial charge in [0.25, 0.3) is 0 Å². The fourth-order valence-electron chi connectivity index (χ4n) is 4.67. The van der Waals surface area contributed by atoms with Gasteiger partial charge in [0.2, 0.25) is 0 Å². The zero-order chi connectivity index (χ0) is 15.4. The minimum atomic E-state index is 0.378. The lowest BCUT2D eigenvalue weighted by molar-refractivity contribution is 0.0731. The van der Waals surface area contributed by atoms with Crippen LogP contribution in [0.5, 0.6) is 0 Å². The van der Waals surface area contributed by atoms with Crippen LogP contribution in [-0.2, 0) is 0 Å². The topological polar surface area (TPSA) is 43.8 Å². The van der Waals surface area contributed by atoms with Gasteiger partial charge in [0.1, 0.15) is 5.82 Å². The number of imidazole rings is 1. The molecule has 114 valence electrons. The van der Waals surface area contributed by atoms with Crippen molar-refractivity contribution in [2.75, 3.05) is 5.73 Å². The van der Waals surface area contributed by atoms with Crippen LogP contribution >= 0.6 is 0 Å². The summed E-state index contributed by atoms with van der Waals surface area (Å²) in [5.74, 6) is 1.11. The van der Waals surface area contributed by atoms with Gasteiger partial charge >= 0.3 is 0 Å². The SMILES string of the molecule is Cc1nc2cc(N)ccc2n1C1CC(C)(C)CC(C)(C)C1. The molecular weight excluding hydrogens is 258 g/mol. The van der Waals surface area contributed by atoms with Gasteiger partial charge in [-0.2, -0.15) is 0 Å². The Labute approximate surface area is 127 Å². The van der Waals surface area contributed by atoms with Gasteiger partial charge in [-0.15, -0.1) is 0 Å². The van der Waals surface area contributed by atoms with Gasteiger partial charge in [0.05, 0.1) is 11.0 Å². The summed E-state index contributed by atoms with van der Waals surface area (Å²) >= 11 is 0. The van der Waals surface area contributed by atoms with Gasteiger partial charge < -0.3 is 10.3 Å². The Bertz CT molecular complexity index is 663. The van der Waals surface area contributed by atoms with Crippen molar-refractivity contribution in [3.05, 3.63) is 24.0 Å². The quantitative estimate of drug-likeness (QED) is 0.771. The van der Waals surface area contributed by atoms with Crippen LogP contribution < -0.4 is 5.73 Å². The molecule has 0 saturated heterocycles. The number of fused-ring (bicyclic) bond motifs is 1. The summed E-state index contributed by atoms with van der Waals surface area (Å²) < 4.78 is 2.44. The van der Waals surface area contributed by atoms with Crippen molar-refractivity contribution in [3.8, 4) is 0 Å². The summed E-state index contributed by atoms with van der Waals surface area (Å²) in [6, 6.07) is 6.62. The third kappa shape index (κ3) is 2.66. The molecular formula is C18H27N3. The molecule has 1 saturated carbocycles. The number of hydrogen-bond donors (Lipinski definition) is 1. The van der Waals surface area contributed by atoms with Gasteiger partial charge in [-0.25, -0.2) is 4.98 Å². The first kappa shape index (κ1) is 14.4. The van der Waals surface area contributed by atoms with Crippen molar-refractivity contribution in [1.82, 2.24) is 9.55 Å². The molecule has 0 aliphatic heterocycles. The first-order valence-corrected chi connectivity index (χ1v) is 7.91. The van der Waals surface area contributed by atoms with Gasteiger partial charge in [-0.3, -0.25) is 0 Å². The standard InChI is InChI=1S/C18H27N3/c1-12-20-15-8-13(19)6-7-16(15)21(12)14-9-17(2,3)11-18(4,5)10-14/h6-8,14H,9-11,19H2,1-5H3. The Hall–Kier alpha value is -1.51. The Morgan fingerprint density at radius 2 is 1.76 bits per heavy atom. The predicted octanol–water partition coefficient (Wildman–Crippen LogP) is 4.70. The second-order valence-corrected chi connectivity index (χ2v) is 8.34. The minimum absolute atomic E-state index is 0.378. The highest BCUT2D eigenvalue weighted by molar-refractivity contribution is 5.79. The zero-order valence-corrected chi connectivity index (χ0v) is 13.9. The largest absolute Gasteiger partial charge is 0.399 e. The summed E-state index contributed by atoms with van der Waals surface area (Å²) in [5, 5.41) is 0. The van der Waals surface area contributed by atoms with Crippen LogP contribution in [0.3, 0.4) is 0 Å². The molecule has 1 aliphatic carbocycles. The molecule has 2 aromatic rings. The highest BCUT2D eigenvalue weighted by Crippen LogP contribution is 2.50. The maximum atomic E-state index is 5.90. The normalized spacial score (nSPS) is 21.8. The van der Waals surface area contributed by atoms with E-state index >= 15 is 0 Å². The molecule has 1 aromatic heterocycles. The molecule has 0 spiro atoms. The fraction of sp³-hybridized carbons (Fsp3) is 0.611. The summed E-state index contributed by atoms with van der Waals surface area (Å²) in [4.78, 5) is 4.73. The number of anilines is 1. The Morgan fingerprint density at radius 3 is 2.38 bits per heavy atom. The van der Waals surface area contributed by atoms with E-state index in [0.717, 1.165) is 17.0 Å². The number of aryl methyl sites for hydroxylation is 1. The van der Waals surface area contributed by atoms with Crippen molar-refractivity contribution >= 4 is 16.7 Å². The number of rotatable bonds is 1. The summed E-state index contributed by atoms with van der Waals surface area (Å²) in [6.07, 6.45) is 3.72. The monoisotopic (exact) mass is 285 g/mol. The smallest absolute Gasteiger partial charge is 0.106 e. The molecule has 1 fully saturated rings. The number of nitrogens with zero attached hydrogens (tertiary/aromatic N) is 2. The number of benzene rings is 1. The van der Waals surface area contributed by atoms with Crippen molar-refractivity contribution in [1.29, 1.82) is 0 Å². The molecule has 3 heteroatoms. The Morgan fingerprint density at radius 1 is 1.14 bits per heavy atom. The third-order valence-electron chi connectivity index (χ3n) is 4.79. The van der Waals surface area contributed by atoms with E-state index in [1.54, 1.807) is 0 Å². The van der Waals surface area contributed by atoms with E-state index < -0.39 is 0 Å². The lowest BCUT2D eigenvalue weighted by Crippen LogP contribution is -2.35. The van der Waals surface area contributed by atoms with Crippen LogP contribution in [0.2, 0.25) is 0 Å². The zero-order valence-electron chi connectivity index (χ0n) is 13.9. The van der Waals surface area contributed by atoms with Crippen LogP contribution in [0.25, 0.3) is 11.0 Å². The number of hydrogen-bond acceptors (Lipinski definition) is 2. The fourth-order valence-corrected chi connectivity index (χ4v) is 4.67. The third-order valence-corrected chi connectivity index (χ3v) is 4.79. The van der Waals surface area contributed by atoms with Crippen LogP contribution in [0.15, 0.2) is 18.2 Å². The molecule has 0 atom stereocenters.